The molecule has 1 N–H and O–H groups in total. The molecule has 8 heteroatoms. The number of nitrogens with zero attached hydrogens (tertiary/aromatic N) is 3. The van der Waals surface area contributed by atoms with Gasteiger partial charge in [-0.1, -0.05) is 30.3 Å². The number of carbonyl (C=O) groups excluding carboxylic acids is 3. The second-order valence-corrected chi connectivity index (χ2v) is 9.70. The molecule has 0 spiro atoms. The Kier molecular flexibility index (Phi) is 6.15. The minimum Gasteiger partial charge on any atom is -0.339 e. The molecule has 5 rings (SSSR count). The summed E-state index contributed by atoms with van der Waals surface area (Å²) in [4.78, 5) is 48.6. The number of urea groups is 1. The second-order valence-electron chi connectivity index (χ2n) is 8.67. The van der Waals surface area contributed by atoms with E-state index in [2.05, 4.69) is 10.3 Å². The van der Waals surface area contributed by atoms with Crippen molar-refractivity contribution in [2.24, 2.45) is 5.92 Å². The van der Waals surface area contributed by atoms with E-state index >= 15 is 0 Å². The lowest BCUT2D eigenvalue weighted by atomic mass is 9.75. The minimum absolute atomic E-state index is 0.00899. The van der Waals surface area contributed by atoms with E-state index in [1.807, 2.05) is 64.9 Å². The van der Waals surface area contributed by atoms with Crippen molar-refractivity contribution in [3.8, 4) is 0 Å². The smallest absolute Gasteiger partial charge is 0.325 e. The van der Waals surface area contributed by atoms with Crippen LogP contribution in [0, 0.1) is 5.92 Å². The number of hydrogen-bond acceptors (Lipinski definition) is 5. The zero-order valence-electron chi connectivity index (χ0n) is 18.7. The second kappa shape index (κ2) is 9.38. The highest BCUT2D eigenvalue weighted by Gasteiger charge is 2.58. The first kappa shape index (κ1) is 22.3. The number of aromatic nitrogens is 1. The highest BCUT2D eigenvalue weighted by Crippen LogP contribution is 2.41. The van der Waals surface area contributed by atoms with Gasteiger partial charge in [0.15, 0.2) is 5.54 Å². The molecule has 2 aliphatic rings. The summed E-state index contributed by atoms with van der Waals surface area (Å²) >= 11 is 1.61. The zero-order chi connectivity index (χ0) is 23.5. The SMILES string of the molecule is O=C(c1ccccc1)N1CCC(C2(c3ccccn3)NC(=O)N(CCc3cccs3)C2=O)CC1. The van der Waals surface area contributed by atoms with Gasteiger partial charge in [0.05, 0.1) is 5.69 Å². The number of imide groups is 1. The van der Waals surface area contributed by atoms with Gasteiger partial charge in [-0.3, -0.25) is 19.5 Å². The third-order valence-corrected chi connectivity index (χ3v) is 7.71. The maximum atomic E-state index is 13.9. The summed E-state index contributed by atoms with van der Waals surface area (Å²) in [7, 11) is 0. The highest BCUT2D eigenvalue weighted by molar-refractivity contribution is 7.09. The highest BCUT2D eigenvalue weighted by atomic mass is 32.1. The molecule has 0 aliphatic carbocycles. The van der Waals surface area contributed by atoms with Crippen LogP contribution < -0.4 is 5.32 Å². The molecule has 2 aromatic heterocycles. The Balaban J connectivity index is 1.37. The van der Waals surface area contributed by atoms with Crippen LogP contribution in [0.1, 0.15) is 33.8 Å². The zero-order valence-corrected chi connectivity index (χ0v) is 19.5. The number of hydrogen-bond donors (Lipinski definition) is 1. The summed E-state index contributed by atoms with van der Waals surface area (Å²) in [6, 6.07) is 18.3. The fourth-order valence-electron chi connectivity index (χ4n) is 5.01. The Morgan fingerprint density at radius 2 is 1.79 bits per heavy atom. The fourth-order valence-corrected chi connectivity index (χ4v) is 5.71. The molecule has 0 bridgehead atoms. The Morgan fingerprint density at radius 3 is 2.47 bits per heavy atom. The molecule has 2 aliphatic heterocycles. The van der Waals surface area contributed by atoms with E-state index in [4.69, 9.17) is 0 Å². The lowest BCUT2D eigenvalue weighted by Gasteiger charge is -2.40. The largest absolute Gasteiger partial charge is 0.339 e. The van der Waals surface area contributed by atoms with Gasteiger partial charge in [0.2, 0.25) is 0 Å². The summed E-state index contributed by atoms with van der Waals surface area (Å²) < 4.78 is 0. The molecule has 1 aromatic carbocycles. The third kappa shape index (κ3) is 3.98. The summed E-state index contributed by atoms with van der Waals surface area (Å²) in [6.07, 6.45) is 3.47. The Hall–Kier alpha value is -3.52. The molecule has 34 heavy (non-hydrogen) atoms. The monoisotopic (exact) mass is 474 g/mol. The first-order valence-corrected chi connectivity index (χ1v) is 12.4. The van der Waals surface area contributed by atoms with Crippen LogP contribution in [0.3, 0.4) is 0 Å². The third-order valence-electron chi connectivity index (χ3n) is 6.78. The molecule has 7 nitrogen and oxygen atoms in total. The summed E-state index contributed by atoms with van der Waals surface area (Å²) in [6.45, 7) is 1.36. The molecular formula is C26H26N4O3S. The van der Waals surface area contributed by atoms with Gasteiger partial charge in [-0.05, 0) is 55.0 Å². The Bertz CT molecular complexity index is 1160. The summed E-state index contributed by atoms with van der Waals surface area (Å²) in [5, 5.41) is 5.02. The van der Waals surface area contributed by atoms with Crippen molar-refractivity contribution < 1.29 is 14.4 Å². The van der Waals surface area contributed by atoms with E-state index < -0.39 is 5.54 Å². The van der Waals surface area contributed by atoms with Gasteiger partial charge in [0, 0.05) is 42.2 Å². The molecule has 2 fully saturated rings. The van der Waals surface area contributed by atoms with E-state index in [-0.39, 0.29) is 23.8 Å². The number of benzene rings is 1. The van der Waals surface area contributed by atoms with Gasteiger partial charge in [-0.2, -0.15) is 0 Å². The molecular weight excluding hydrogens is 448 g/mol. The molecule has 1 unspecified atom stereocenters. The Morgan fingerprint density at radius 1 is 1.03 bits per heavy atom. The number of amides is 4. The van der Waals surface area contributed by atoms with E-state index in [9.17, 15) is 14.4 Å². The quantitative estimate of drug-likeness (QED) is 0.553. The van der Waals surface area contributed by atoms with Crippen molar-refractivity contribution in [1.29, 1.82) is 0 Å². The number of piperidine rings is 1. The van der Waals surface area contributed by atoms with Crippen LogP contribution in [-0.2, 0) is 16.8 Å². The molecule has 4 amide bonds. The molecule has 1 atom stereocenters. The van der Waals surface area contributed by atoms with Crippen molar-refractivity contribution in [1.82, 2.24) is 20.1 Å². The first-order valence-electron chi connectivity index (χ1n) is 11.5. The van der Waals surface area contributed by atoms with Crippen LogP contribution in [0.25, 0.3) is 0 Å². The van der Waals surface area contributed by atoms with E-state index in [0.29, 0.717) is 50.2 Å². The van der Waals surface area contributed by atoms with E-state index in [0.717, 1.165) is 4.88 Å². The fraction of sp³-hybridized carbons (Fsp3) is 0.308. The average molecular weight is 475 g/mol. The number of carbonyl (C=O) groups is 3. The van der Waals surface area contributed by atoms with Gasteiger partial charge < -0.3 is 10.2 Å². The number of thiophene rings is 1. The Labute approximate surface area is 202 Å². The predicted octanol–water partition coefficient (Wildman–Crippen LogP) is 3.69. The van der Waals surface area contributed by atoms with Crippen molar-refractivity contribution in [3.05, 3.63) is 88.4 Å². The van der Waals surface area contributed by atoms with Gasteiger partial charge in [-0.15, -0.1) is 11.3 Å². The van der Waals surface area contributed by atoms with Gasteiger partial charge in [-0.25, -0.2) is 4.79 Å². The molecule has 174 valence electrons. The van der Waals surface area contributed by atoms with Gasteiger partial charge >= 0.3 is 6.03 Å². The predicted molar refractivity (Wildman–Crippen MR) is 129 cm³/mol. The molecule has 2 saturated heterocycles. The summed E-state index contributed by atoms with van der Waals surface area (Å²) in [5.74, 6) is -0.420. The number of nitrogens with one attached hydrogen (secondary N) is 1. The number of pyridine rings is 1. The van der Waals surface area contributed by atoms with Gasteiger partial charge in [0.1, 0.15) is 0 Å². The van der Waals surface area contributed by atoms with Crippen LogP contribution in [0.5, 0.6) is 0 Å². The first-order chi connectivity index (χ1) is 16.6. The van der Waals surface area contributed by atoms with Crippen molar-refractivity contribution in [2.75, 3.05) is 19.6 Å². The van der Waals surface area contributed by atoms with Crippen LogP contribution >= 0.6 is 11.3 Å². The molecule has 4 heterocycles. The lowest BCUT2D eigenvalue weighted by molar-refractivity contribution is -0.134. The van der Waals surface area contributed by atoms with Crippen molar-refractivity contribution in [3.63, 3.8) is 0 Å². The van der Waals surface area contributed by atoms with E-state index in [1.54, 1.807) is 23.6 Å². The molecule has 3 aromatic rings. The van der Waals surface area contributed by atoms with Crippen molar-refractivity contribution in [2.45, 2.75) is 24.8 Å². The number of likely N-dealkylation sites (tertiary alicyclic amines) is 1. The maximum absolute atomic E-state index is 13.9. The lowest BCUT2D eigenvalue weighted by Crippen LogP contribution is -2.54. The molecule has 0 radical (unpaired) electrons. The van der Waals surface area contributed by atoms with Crippen LogP contribution in [0.4, 0.5) is 4.79 Å². The average Bonchev–Trinajstić information content (AvgIpc) is 3.50. The summed E-state index contributed by atoms with van der Waals surface area (Å²) in [5.41, 5.74) is 0.000524. The standard InChI is InChI=1S/C26H26N4O3S/c31-23(19-7-2-1-3-8-19)29-15-11-20(12-16-29)26(22-10-4-5-14-27-22)24(32)30(25(33)28-26)17-13-21-9-6-18-34-21/h1-10,14,18,20H,11-13,15-17H2,(H,28,33). The number of rotatable bonds is 6. The van der Waals surface area contributed by atoms with Crippen LogP contribution in [0.2, 0.25) is 0 Å². The normalized spacial score (nSPS) is 21.1. The minimum atomic E-state index is -1.21. The van der Waals surface area contributed by atoms with Crippen molar-refractivity contribution >= 4 is 29.2 Å². The maximum Gasteiger partial charge on any atom is 0.325 e. The van der Waals surface area contributed by atoms with Crippen LogP contribution in [0.15, 0.2) is 72.2 Å². The van der Waals surface area contributed by atoms with E-state index in [1.165, 1.54) is 4.90 Å². The van der Waals surface area contributed by atoms with Gasteiger partial charge in [0.25, 0.3) is 11.8 Å². The van der Waals surface area contributed by atoms with Crippen LogP contribution in [-0.4, -0.2) is 52.3 Å². The molecule has 0 saturated carbocycles. The topological polar surface area (TPSA) is 82.6 Å².